The van der Waals surface area contributed by atoms with Crippen molar-refractivity contribution in [3.8, 4) is 0 Å². The summed E-state index contributed by atoms with van der Waals surface area (Å²) in [5, 5.41) is 4.38. The predicted octanol–water partition coefficient (Wildman–Crippen LogP) is -3.49. The van der Waals surface area contributed by atoms with Crippen LogP contribution in [0.25, 0.3) is 0 Å². The number of hydrogen-bond donors (Lipinski definition) is 6. The van der Waals surface area contributed by atoms with E-state index in [2.05, 4.69) is 24.1 Å². The van der Waals surface area contributed by atoms with Crippen LogP contribution in [-0.4, -0.2) is 89.7 Å². The maximum Gasteiger partial charge on any atom is 0.0608 e. The predicted molar refractivity (Wildman–Crippen MR) is 90.4 cm³/mol. The lowest BCUT2D eigenvalue weighted by Gasteiger charge is -2.31. The van der Waals surface area contributed by atoms with Crippen LogP contribution in [0.15, 0.2) is 0 Å². The van der Waals surface area contributed by atoms with Crippen LogP contribution in [0.3, 0.4) is 0 Å². The molecule has 1 fully saturated rings. The van der Waals surface area contributed by atoms with Crippen molar-refractivity contribution in [1.82, 2.24) is 10.0 Å². The Morgan fingerprint density at radius 1 is 0.714 bits per heavy atom. The fraction of sp³-hybridized carbons (Fsp3) is 1.00. The minimum atomic E-state index is 0.597. The van der Waals surface area contributed by atoms with Crippen LogP contribution < -0.4 is 34.4 Å². The van der Waals surface area contributed by atoms with E-state index < -0.39 is 0 Å². The van der Waals surface area contributed by atoms with Gasteiger partial charge in [0, 0.05) is 66.5 Å². The first-order valence-electron chi connectivity index (χ1n) is 7.25. The van der Waals surface area contributed by atoms with Gasteiger partial charge in [0.25, 0.3) is 0 Å². The van der Waals surface area contributed by atoms with Gasteiger partial charge in [-0.2, -0.15) is 0 Å². The van der Waals surface area contributed by atoms with Crippen LogP contribution in [0, 0.1) is 0 Å². The second kappa shape index (κ2) is 24.6. The minimum absolute atomic E-state index is 0.597. The maximum absolute atomic E-state index is 5.18. The molecule has 12 N–H and O–H groups in total. The first-order chi connectivity index (χ1) is 10.0. The molecule has 0 aromatic rings. The summed E-state index contributed by atoms with van der Waals surface area (Å²) in [6, 6.07) is 0. The zero-order valence-corrected chi connectivity index (χ0v) is 13.8. The van der Waals surface area contributed by atoms with Gasteiger partial charge in [0.05, 0.1) is 13.2 Å². The van der Waals surface area contributed by atoms with Crippen LogP contribution in [0.2, 0.25) is 0 Å². The largest absolute Gasteiger partial charge is 0.379 e. The molecule has 0 radical (unpaired) electrons. The summed E-state index contributed by atoms with van der Waals surface area (Å²) in [7, 11) is 4.12. The molecule has 0 unspecified atom stereocenters. The van der Waals surface area contributed by atoms with E-state index in [1.807, 2.05) is 0 Å². The maximum atomic E-state index is 5.18. The molecule has 1 rings (SSSR count). The molecule has 21 heavy (non-hydrogen) atoms. The Hall–Kier alpha value is -0.360. The summed E-state index contributed by atoms with van der Waals surface area (Å²) in [4.78, 5) is 0. The number of hydrazine groups is 1. The standard InChI is InChI=1S/C6H14N2O.3C2H8N2/c1-7(2)8-3-5-9-6-4-8;3*3-1-2-4/h3-6H2,1-2H3;3*1-4H2. The Morgan fingerprint density at radius 2 is 1.00 bits per heavy atom. The second-order valence-corrected chi connectivity index (χ2v) is 4.15. The Bertz CT molecular complexity index is 141. The van der Waals surface area contributed by atoms with Crippen molar-refractivity contribution < 1.29 is 4.74 Å². The van der Waals surface area contributed by atoms with Crippen molar-refractivity contribution in [2.45, 2.75) is 0 Å². The number of rotatable bonds is 4. The third-order valence-corrected chi connectivity index (χ3v) is 2.05. The molecular formula is C12H38N8O. The van der Waals surface area contributed by atoms with Gasteiger partial charge < -0.3 is 39.1 Å². The monoisotopic (exact) mass is 310 g/mol. The number of nitrogens with two attached hydrogens (primary N) is 6. The number of nitrogens with zero attached hydrogens (tertiary/aromatic N) is 2. The van der Waals surface area contributed by atoms with Gasteiger partial charge in [-0.3, -0.25) is 0 Å². The van der Waals surface area contributed by atoms with E-state index in [9.17, 15) is 0 Å². The molecule has 0 amide bonds. The van der Waals surface area contributed by atoms with Crippen LogP contribution in [0.1, 0.15) is 0 Å². The van der Waals surface area contributed by atoms with Gasteiger partial charge in [0.1, 0.15) is 0 Å². The Kier molecular flexibility index (Phi) is 30.0. The molecular weight excluding hydrogens is 272 g/mol. The molecule has 1 aliphatic heterocycles. The van der Waals surface area contributed by atoms with Gasteiger partial charge in [-0.1, -0.05) is 0 Å². The molecule has 0 saturated carbocycles. The third kappa shape index (κ3) is 28.5. The summed E-state index contributed by atoms with van der Waals surface area (Å²) in [5.74, 6) is 0. The average molecular weight is 310 g/mol. The Labute approximate surface area is 129 Å². The quantitative estimate of drug-likeness (QED) is 0.308. The number of hydrogen-bond acceptors (Lipinski definition) is 9. The highest BCUT2D eigenvalue weighted by Crippen LogP contribution is 1.96. The molecule has 9 heteroatoms. The lowest BCUT2D eigenvalue weighted by molar-refractivity contribution is -0.0615. The van der Waals surface area contributed by atoms with Crippen molar-refractivity contribution in [1.29, 1.82) is 0 Å². The van der Waals surface area contributed by atoms with Crippen LogP contribution >= 0.6 is 0 Å². The van der Waals surface area contributed by atoms with Gasteiger partial charge in [-0.25, -0.2) is 10.0 Å². The lowest BCUT2D eigenvalue weighted by Crippen LogP contribution is -2.44. The number of ether oxygens (including phenoxy) is 1. The smallest absolute Gasteiger partial charge is 0.0608 e. The van der Waals surface area contributed by atoms with E-state index >= 15 is 0 Å². The average Bonchev–Trinajstić information content (AvgIpc) is 2.56. The highest BCUT2D eigenvalue weighted by atomic mass is 16.5. The zero-order chi connectivity index (χ0) is 16.9. The summed E-state index contributed by atoms with van der Waals surface area (Å²) in [6.45, 7) is 7.40. The first-order valence-corrected chi connectivity index (χ1v) is 7.25. The highest BCUT2D eigenvalue weighted by Gasteiger charge is 2.10. The van der Waals surface area contributed by atoms with E-state index in [4.69, 9.17) is 39.1 Å². The molecule has 1 saturated heterocycles. The van der Waals surface area contributed by atoms with Gasteiger partial charge in [-0.05, 0) is 0 Å². The van der Waals surface area contributed by atoms with Crippen molar-refractivity contribution in [2.75, 3.05) is 79.7 Å². The Balaban J connectivity index is -0.000000230. The van der Waals surface area contributed by atoms with E-state index in [1.54, 1.807) is 0 Å². The van der Waals surface area contributed by atoms with Crippen molar-refractivity contribution >= 4 is 0 Å². The third-order valence-electron chi connectivity index (χ3n) is 2.05. The molecule has 0 spiro atoms. The topological polar surface area (TPSA) is 172 Å². The van der Waals surface area contributed by atoms with Crippen molar-refractivity contribution in [2.24, 2.45) is 34.4 Å². The lowest BCUT2D eigenvalue weighted by atomic mass is 10.5. The van der Waals surface area contributed by atoms with E-state index in [0.717, 1.165) is 26.3 Å². The summed E-state index contributed by atoms with van der Waals surface area (Å²) in [5.41, 5.74) is 29.4. The van der Waals surface area contributed by atoms with Crippen molar-refractivity contribution in [3.63, 3.8) is 0 Å². The zero-order valence-electron chi connectivity index (χ0n) is 13.8. The normalized spacial score (nSPS) is 14.1. The molecule has 0 aromatic heterocycles. The molecule has 0 atom stereocenters. The minimum Gasteiger partial charge on any atom is -0.379 e. The van der Waals surface area contributed by atoms with E-state index in [1.165, 1.54) is 0 Å². The van der Waals surface area contributed by atoms with Gasteiger partial charge in [0.2, 0.25) is 0 Å². The van der Waals surface area contributed by atoms with Gasteiger partial charge >= 0.3 is 0 Å². The molecule has 0 aromatic carbocycles. The molecule has 1 aliphatic rings. The van der Waals surface area contributed by atoms with Crippen LogP contribution in [0.5, 0.6) is 0 Å². The molecule has 132 valence electrons. The number of morpholine rings is 1. The second-order valence-electron chi connectivity index (χ2n) is 4.15. The van der Waals surface area contributed by atoms with Crippen LogP contribution in [-0.2, 0) is 4.74 Å². The van der Waals surface area contributed by atoms with Gasteiger partial charge in [-0.15, -0.1) is 0 Å². The van der Waals surface area contributed by atoms with E-state index in [0.29, 0.717) is 39.3 Å². The van der Waals surface area contributed by atoms with Crippen molar-refractivity contribution in [3.05, 3.63) is 0 Å². The summed E-state index contributed by atoms with van der Waals surface area (Å²) < 4.78 is 5.18. The summed E-state index contributed by atoms with van der Waals surface area (Å²) >= 11 is 0. The molecule has 9 nitrogen and oxygen atoms in total. The van der Waals surface area contributed by atoms with Gasteiger partial charge in [0.15, 0.2) is 0 Å². The summed E-state index contributed by atoms with van der Waals surface area (Å²) in [6.07, 6.45) is 0. The SMILES string of the molecule is CN(C)N1CCOCC1.NCCN.NCCN.NCCN. The molecule has 0 aliphatic carbocycles. The fourth-order valence-electron chi connectivity index (χ4n) is 0.954. The first kappa shape index (κ1) is 25.6. The fourth-order valence-corrected chi connectivity index (χ4v) is 0.954. The molecule has 1 heterocycles. The highest BCUT2D eigenvalue weighted by molar-refractivity contribution is 4.55. The van der Waals surface area contributed by atoms with Crippen LogP contribution in [0.4, 0.5) is 0 Å². The molecule has 0 bridgehead atoms. The van der Waals surface area contributed by atoms with E-state index in [-0.39, 0.29) is 0 Å². The Morgan fingerprint density at radius 3 is 1.14 bits per heavy atom.